The van der Waals surface area contributed by atoms with Crippen molar-refractivity contribution in [1.82, 2.24) is 5.32 Å². The van der Waals surface area contributed by atoms with E-state index in [0.717, 1.165) is 36.2 Å². The molecule has 1 aliphatic rings. The van der Waals surface area contributed by atoms with Crippen LogP contribution in [0.1, 0.15) is 88.5 Å². The van der Waals surface area contributed by atoms with Crippen LogP contribution in [0.2, 0.25) is 0 Å². The van der Waals surface area contributed by atoms with Crippen molar-refractivity contribution in [2.75, 3.05) is 0 Å². The maximum Gasteiger partial charge on any atom is 0.0384 e. The topological polar surface area (TPSA) is 35.9 Å². The van der Waals surface area contributed by atoms with Gasteiger partial charge in [0.25, 0.3) is 0 Å². The van der Waals surface area contributed by atoms with Gasteiger partial charge in [-0.15, -0.1) is 6.58 Å². The van der Waals surface area contributed by atoms with Gasteiger partial charge in [0.15, 0.2) is 0 Å². The van der Waals surface area contributed by atoms with E-state index >= 15 is 0 Å². The van der Waals surface area contributed by atoms with Gasteiger partial charge < -0.3 is 10.7 Å². The fourth-order valence-corrected chi connectivity index (χ4v) is 2.03. The Morgan fingerprint density at radius 1 is 1.14 bits per heavy atom. The maximum absolute atomic E-state index is 6.33. The predicted octanol–water partition coefficient (Wildman–Crippen LogP) is 9.16. The van der Waals surface area contributed by atoms with Crippen molar-refractivity contribution in [2.45, 2.75) is 88.5 Å². The molecule has 0 radical (unpaired) electrons. The van der Waals surface area contributed by atoms with Crippen molar-refractivity contribution in [3.63, 3.8) is 0 Å². The van der Waals surface area contributed by atoms with Crippen molar-refractivity contribution < 1.29 is 0 Å². The van der Waals surface area contributed by atoms with E-state index in [1.165, 1.54) is 11.8 Å². The standard InChI is InChI=1S/C18H25N.C3H7N.3C2H6/c1-7-9-15(4)19-17-11-10-14(3)18(5,6)13-16(8-2)12-17;1-2-3-4;3*1-2/h7-8,10-12,19H,1,3-4,9,13H2,2,5-6H3;3-4H,2H2,1H3;3*1-2H3/b11-10+,16-8-,17-12+;;;;. The minimum absolute atomic E-state index is 0.0957. The minimum Gasteiger partial charge on any atom is -0.359 e. The Balaban J connectivity index is -0.000000266. The second kappa shape index (κ2) is 23.9. The summed E-state index contributed by atoms with van der Waals surface area (Å²) < 4.78 is 0. The first-order valence-corrected chi connectivity index (χ1v) is 11.1. The van der Waals surface area contributed by atoms with Gasteiger partial charge in [0, 0.05) is 17.8 Å². The summed E-state index contributed by atoms with van der Waals surface area (Å²) in [6, 6.07) is 0. The third-order valence-electron chi connectivity index (χ3n) is 3.61. The first-order valence-electron chi connectivity index (χ1n) is 11.1. The second-order valence-electron chi connectivity index (χ2n) is 6.22. The number of hydrogen-bond donors (Lipinski definition) is 2. The van der Waals surface area contributed by atoms with Crippen LogP contribution in [0.15, 0.2) is 72.7 Å². The maximum atomic E-state index is 6.33. The van der Waals surface area contributed by atoms with Crippen LogP contribution in [-0.2, 0) is 0 Å². The van der Waals surface area contributed by atoms with Crippen molar-refractivity contribution in [3.05, 3.63) is 72.7 Å². The Bertz CT molecular complexity index is 529. The number of allylic oxidation sites excluding steroid dienone is 7. The molecule has 0 aromatic carbocycles. The van der Waals surface area contributed by atoms with Gasteiger partial charge in [-0.3, -0.25) is 0 Å². The van der Waals surface area contributed by atoms with Crippen molar-refractivity contribution in [3.8, 4) is 0 Å². The fraction of sp³-hybridized carbons (Fsp3) is 0.519. The zero-order valence-electron chi connectivity index (χ0n) is 21.2. The number of hydrogen-bond acceptors (Lipinski definition) is 2. The highest BCUT2D eigenvalue weighted by Crippen LogP contribution is 2.35. The van der Waals surface area contributed by atoms with E-state index in [1.54, 1.807) is 0 Å². The van der Waals surface area contributed by atoms with Crippen LogP contribution in [0.25, 0.3) is 0 Å². The second-order valence-corrected chi connectivity index (χ2v) is 6.22. The lowest BCUT2D eigenvalue weighted by atomic mass is 9.78. The van der Waals surface area contributed by atoms with E-state index in [2.05, 4.69) is 70.1 Å². The van der Waals surface area contributed by atoms with Gasteiger partial charge in [-0.25, -0.2) is 0 Å². The SMILES string of the molecule is C=CCC(=C)NC1=C/C(=C/C)CC(C)(C)C(=C)\C=C\1.CC.CC.CC.CCC=N. The van der Waals surface area contributed by atoms with Gasteiger partial charge in [-0.1, -0.05) is 93.7 Å². The fourth-order valence-electron chi connectivity index (χ4n) is 2.03. The molecule has 0 fully saturated rings. The number of rotatable bonds is 5. The third-order valence-corrected chi connectivity index (χ3v) is 3.61. The van der Waals surface area contributed by atoms with Crippen LogP contribution in [0.4, 0.5) is 0 Å². The highest BCUT2D eigenvalue weighted by molar-refractivity contribution is 5.51. The normalized spacial score (nSPS) is 17.8. The van der Waals surface area contributed by atoms with Crippen LogP contribution >= 0.6 is 0 Å². The molecule has 2 N–H and O–H groups in total. The van der Waals surface area contributed by atoms with Gasteiger partial charge >= 0.3 is 0 Å². The van der Waals surface area contributed by atoms with E-state index in [0.29, 0.717) is 0 Å². The van der Waals surface area contributed by atoms with Gasteiger partial charge in [0.2, 0.25) is 0 Å². The van der Waals surface area contributed by atoms with Crippen molar-refractivity contribution in [2.24, 2.45) is 5.41 Å². The van der Waals surface area contributed by atoms with E-state index in [1.807, 2.05) is 54.5 Å². The van der Waals surface area contributed by atoms with Crippen LogP contribution in [0.3, 0.4) is 0 Å². The summed E-state index contributed by atoms with van der Waals surface area (Å²) in [5, 5.41) is 9.65. The van der Waals surface area contributed by atoms with E-state index < -0.39 is 0 Å². The molecule has 0 atom stereocenters. The highest BCUT2D eigenvalue weighted by atomic mass is 14.9. The molecule has 0 spiro atoms. The lowest BCUT2D eigenvalue weighted by Crippen LogP contribution is -2.17. The molecule has 0 amide bonds. The number of nitrogens with one attached hydrogen (secondary N) is 2. The molecule has 0 aliphatic heterocycles. The molecule has 1 aliphatic carbocycles. The Morgan fingerprint density at radius 2 is 1.62 bits per heavy atom. The quantitative estimate of drug-likeness (QED) is 0.349. The van der Waals surface area contributed by atoms with Crippen LogP contribution in [0.5, 0.6) is 0 Å². The molecule has 0 aromatic heterocycles. The van der Waals surface area contributed by atoms with Gasteiger partial charge in [0.1, 0.15) is 0 Å². The molecular weight excluding hydrogens is 352 g/mol. The summed E-state index contributed by atoms with van der Waals surface area (Å²) in [5.74, 6) is 0. The lowest BCUT2D eigenvalue weighted by molar-refractivity contribution is 0.456. The van der Waals surface area contributed by atoms with Crippen LogP contribution in [-0.4, -0.2) is 6.21 Å². The van der Waals surface area contributed by atoms with E-state index in [-0.39, 0.29) is 5.41 Å². The molecule has 0 saturated heterocycles. The largest absolute Gasteiger partial charge is 0.359 e. The molecule has 0 unspecified atom stereocenters. The molecular formula is C27H50N2. The monoisotopic (exact) mass is 402 g/mol. The van der Waals surface area contributed by atoms with Gasteiger partial charge in [-0.05, 0) is 54.7 Å². The van der Waals surface area contributed by atoms with E-state index in [4.69, 9.17) is 5.41 Å². The summed E-state index contributed by atoms with van der Waals surface area (Å²) >= 11 is 0. The molecule has 2 heteroatoms. The molecule has 0 saturated carbocycles. The highest BCUT2D eigenvalue weighted by Gasteiger charge is 2.22. The third kappa shape index (κ3) is 19.0. The summed E-state index contributed by atoms with van der Waals surface area (Å²) in [7, 11) is 0. The Labute approximate surface area is 183 Å². The summed E-state index contributed by atoms with van der Waals surface area (Å²) in [6.07, 6.45) is 14.3. The summed E-state index contributed by atoms with van der Waals surface area (Å²) in [5.41, 5.74) is 4.56. The first kappa shape index (κ1) is 34.4. The minimum atomic E-state index is 0.0957. The Morgan fingerprint density at radius 3 is 2.00 bits per heavy atom. The Kier molecular flexibility index (Phi) is 28.4. The Hall–Kier alpha value is -2.09. The molecule has 0 heterocycles. The van der Waals surface area contributed by atoms with Gasteiger partial charge in [-0.2, -0.15) is 0 Å². The molecule has 0 aromatic rings. The molecule has 1 rings (SSSR count). The van der Waals surface area contributed by atoms with Crippen molar-refractivity contribution in [1.29, 1.82) is 5.41 Å². The molecule has 29 heavy (non-hydrogen) atoms. The average Bonchev–Trinajstić information content (AvgIpc) is 2.74. The molecule has 2 nitrogen and oxygen atoms in total. The van der Waals surface area contributed by atoms with E-state index in [9.17, 15) is 0 Å². The average molecular weight is 403 g/mol. The summed E-state index contributed by atoms with van der Waals surface area (Å²) in [6.45, 7) is 32.4. The zero-order valence-corrected chi connectivity index (χ0v) is 21.2. The lowest BCUT2D eigenvalue weighted by Gasteiger charge is -2.28. The van der Waals surface area contributed by atoms with Crippen molar-refractivity contribution >= 4 is 6.21 Å². The molecule has 0 bridgehead atoms. The van der Waals surface area contributed by atoms with Gasteiger partial charge in [0.05, 0.1) is 0 Å². The molecule has 168 valence electrons. The first-order chi connectivity index (χ1) is 13.8. The summed E-state index contributed by atoms with van der Waals surface area (Å²) in [4.78, 5) is 0. The zero-order chi connectivity index (χ0) is 23.9. The van der Waals surface area contributed by atoms with Crippen LogP contribution in [0, 0.1) is 10.8 Å². The van der Waals surface area contributed by atoms with Crippen LogP contribution < -0.4 is 5.32 Å². The smallest absolute Gasteiger partial charge is 0.0384 e. The predicted molar refractivity (Wildman–Crippen MR) is 139 cm³/mol.